The summed E-state index contributed by atoms with van der Waals surface area (Å²) in [6.45, 7) is 1.22. The number of hydrogen-bond acceptors (Lipinski definition) is 5. The molecule has 1 saturated heterocycles. The molecule has 0 radical (unpaired) electrons. The number of halogens is 1. The lowest BCUT2D eigenvalue weighted by molar-refractivity contribution is -0.135. The average molecular weight is 398 g/mol. The molecule has 0 aliphatic carbocycles. The van der Waals surface area contributed by atoms with Crippen molar-refractivity contribution in [2.24, 2.45) is 0 Å². The molecule has 0 N–H and O–H groups in total. The van der Waals surface area contributed by atoms with Crippen molar-refractivity contribution >= 4 is 17.5 Å². The maximum atomic E-state index is 12.4. The molecule has 144 valence electrons. The number of hydrogen-bond donors (Lipinski definition) is 0. The molecule has 7 heteroatoms. The molecule has 3 aromatic rings. The third kappa shape index (κ3) is 4.02. The molecule has 28 heavy (non-hydrogen) atoms. The Balaban J connectivity index is 1.28. The summed E-state index contributed by atoms with van der Waals surface area (Å²) in [5.41, 5.74) is 1.93. The Bertz CT molecular complexity index is 965. The van der Waals surface area contributed by atoms with Crippen molar-refractivity contribution in [1.82, 2.24) is 15.0 Å². The molecule has 1 aromatic heterocycles. The van der Waals surface area contributed by atoms with E-state index < -0.39 is 0 Å². The highest BCUT2D eigenvalue weighted by atomic mass is 35.5. The minimum atomic E-state index is 0.0883. The monoisotopic (exact) mass is 397 g/mol. The van der Waals surface area contributed by atoms with Crippen molar-refractivity contribution in [1.29, 1.82) is 0 Å². The molecule has 0 spiro atoms. The zero-order valence-corrected chi connectivity index (χ0v) is 16.2. The van der Waals surface area contributed by atoms with Gasteiger partial charge >= 0.3 is 0 Å². The molecular formula is C21H20ClN3O3. The Hall–Kier alpha value is -2.86. The number of nitrogens with zero attached hydrogens (tertiary/aromatic N) is 3. The molecule has 2 aromatic carbocycles. The van der Waals surface area contributed by atoms with Gasteiger partial charge in [-0.1, -0.05) is 41.0 Å². The number of methoxy groups -OCH3 is 1. The summed E-state index contributed by atoms with van der Waals surface area (Å²) in [6.07, 6.45) is 1.19. The number of rotatable bonds is 6. The molecular weight excluding hydrogens is 378 g/mol. The number of benzene rings is 2. The largest absolute Gasteiger partial charge is 0.497 e. The highest BCUT2D eigenvalue weighted by Crippen LogP contribution is 2.29. The average Bonchev–Trinajstić information content (AvgIpc) is 3.15. The van der Waals surface area contributed by atoms with Gasteiger partial charge in [0.05, 0.1) is 13.0 Å². The molecule has 6 nitrogen and oxygen atoms in total. The second-order valence-corrected chi connectivity index (χ2v) is 7.25. The van der Waals surface area contributed by atoms with E-state index in [-0.39, 0.29) is 11.8 Å². The zero-order valence-electron chi connectivity index (χ0n) is 15.5. The van der Waals surface area contributed by atoms with Gasteiger partial charge in [-0.05, 0) is 36.2 Å². The van der Waals surface area contributed by atoms with Crippen LogP contribution in [-0.2, 0) is 11.2 Å². The summed E-state index contributed by atoms with van der Waals surface area (Å²) in [5, 5.41) is 4.66. The lowest BCUT2D eigenvalue weighted by atomic mass is 9.99. The van der Waals surface area contributed by atoms with Crippen LogP contribution in [0, 0.1) is 0 Å². The van der Waals surface area contributed by atoms with E-state index in [9.17, 15) is 4.79 Å². The van der Waals surface area contributed by atoms with Crippen LogP contribution in [0.4, 0.5) is 0 Å². The summed E-state index contributed by atoms with van der Waals surface area (Å²) in [6, 6.07) is 15.1. The summed E-state index contributed by atoms with van der Waals surface area (Å²) >= 11 is 6.01. The lowest BCUT2D eigenvalue weighted by Crippen LogP contribution is -2.48. The van der Waals surface area contributed by atoms with Gasteiger partial charge in [0.2, 0.25) is 17.6 Å². The molecule has 0 unspecified atom stereocenters. The topological polar surface area (TPSA) is 68.5 Å². The third-order valence-electron chi connectivity index (χ3n) is 4.89. The van der Waals surface area contributed by atoms with Crippen LogP contribution in [0.15, 0.2) is 53.1 Å². The summed E-state index contributed by atoms with van der Waals surface area (Å²) in [5.74, 6) is 2.13. The quantitative estimate of drug-likeness (QED) is 0.629. The SMILES string of the molecule is COc1ccc(CCC(=O)N2CC(c3nc(-c4cccc(Cl)c4)no3)C2)cc1. The minimum absolute atomic E-state index is 0.0883. The first-order valence-electron chi connectivity index (χ1n) is 9.12. The van der Waals surface area contributed by atoms with Crippen LogP contribution in [0.25, 0.3) is 11.4 Å². The number of carbonyl (C=O) groups excluding carboxylic acids is 1. The second-order valence-electron chi connectivity index (χ2n) is 6.81. The summed E-state index contributed by atoms with van der Waals surface area (Å²) in [4.78, 5) is 18.7. The first kappa shape index (κ1) is 18.5. The van der Waals surface area contributed by atoms with E-state index in [2.05, 4.69) is 10.1 Å². The Labute approximate surface area is 168 Å². The predicted octanol–water partition coefficient (Wildman–Crippen LogP) is 3.96. The van der Waals surface area contributed by atoms with Crippen LogP contribution in [0.5, 0.6) is 5.75 Å². The third-order valence-corrected chi connectivity index (χ3v) is 5.13. The van der Waals surface area contributed by atoms with E-state index in [0.29, 0.717) is 42.7 Å². The number of amides is 1. The van der Waals surface area contributed by atoms with Gasteiger partial charge in [0.1, 0.15) is 5.75 Å². The Morgan fingerprint density at radius 2 is 2.04 bits per heavy atom. The van der Waals surface area contributed by atoms with Crippen LogP contribution in [0.1, 0.15) is 23.8 Å². The smallest absolute Gasteiger partial charge is 0.233 e. The molecule has 2 heterocycles. The second kappa shape index (κ2) is 8.02. The van der Waals surface area contributed by atoms with Gasteiger partial charge in [0, 0.05) is 30.1 Å². The number of likely N-dealkylation sites (tertiary alicyclic amines) is 1. The number of carbonyl (C=O) groups is 1. The molecule has 0 atom stereocenters. The molecule has 0 saturated carbocycles. The highest BCUT2D eigenvalue weighted by molar-refractivity contribution is 6.30. The Morgan fingerprint density at radius 1 is 1.25 bits per heavy atom. The van der Waals surface area contributed by atoms with Crippen LogP contribution in [0.3, 0.4) is 0 Å². The van der Waals surface area contributed by atoms with Crippen molar-refractivity contribution in [3.05, 3.63) is 65.0 Å². The molecule has 4 rings (SSSR count). The highest BCUT2D eigenvalue weighted by Gasteiger charge is 2.35. The van der Waals surface area contributed by atoms with Gasteiger partial charge in [0.25, 0.3) is 0 Å². The first-order valence-corrected chi connectivity index (χ1v) is 9.50. The van der Waals surface area contributed by atoms with E-state index in [1.165, 1.54) is 0 Å². The summed E-state index contributed by atoms with van der Waals surface area (Å²) in [7, 11) is 1.64. The maximum Gasteiger partial charge on any atom is 0.233 e. The Morgan fingerprint density at radius 3 is 2.75 bits per heavy atom. The van der Waals surface area contributed by atoms with Crippen molar-refractivity contribution in [2.45, 2.75) is 18.8 Å². The molecule has 1 aliphatic rings. The zero-order chi connectivity index (χ0) is 19.5. The molecule has 1 amide bonds. The van der Waals surface area contributed by atoms with E-state index >= 15 is 0 Å². The minimum Gasteiger partial charge on any atom is -0.497 e. The van der Waals surface area contributed by atoms with E-state index in [0.717, 1.165) is 16.9 Å². The van der Waals surface area contributed by atoms with Crippen molar-refractivity contribution in [3.8, 4) is 17.1 Å². The van der Waals surface area contributed by atoms with Gasteiger partial charge in [0.15, 0.2) is 0 Å². The maximum absolute atomic E-state index is 12.4. The molecule has 1 aliphatic heterocycles. The van der Waals surface area contributed by atoms with Crippen LogP contribution < -0.4 is 4.74 Å². The lowest BCUT2D eigenvalue weighted by Gasteiger charge is -2.37. The first-order chi connectivity index (χ1) is 13.6. The van der Waals surface area contributed by atoms with E-state index in [4.69, 9.17) is 20.9 Å². The summed E-state index contributed by atoms with van der Waals surface area (Å²) < 4.78 is 10.5. The van der Waals surface area contributed by atoms with Crippen LogP contribution in [0.2, 0.25) is 5.02 Å². The van der Waals surface area contributed by atoms with Crippen LogP contribution >= 0.6 is 11.6 Å². The predicted molar refractivity (Wildman–Crippen MR) is 105 cm³/mol. The van der Waals surface area contributed by atoms with E-state index in [1.807, 2.05) is 41.3 Å². The fraction of sp³-hybridized carbons (Fsp3) is 0.286. The van der Waals surface area contributed by atoms with Crippen molar-refractivity contribution < 1.29 is 14.1 Å². The standard InChI is InChI=1S/C21H20ClN3O3/c1-27-18-8-5-14(6-9-18)7-10-19(26)25-12-16(13-25)21-23-20(24-28-21)15-3-2-4-17(22)11-15/h2-6,8-9,11,16H,7,10,12-13H2,1H3. The Kier molecular flexibility index (Phi) is 5.30. The van der Waals surface area contributed by atoms with Crippen molar-refractivity contribution in [2.75, 3.05) is 20.2 Å². The van der Waals surface area contributed by atoms with Gasteiger partial charge in [-0.2, -0.15) is 4.98 Å². The fourth-order valence-electron chi connectivity index (χ4n) is 3.19. The van der Waals surface area contributed by atoms with Gasteiger partial charge in [-0.3, -0.25) is 4.79 Å². The van der Waals surface area contributed by atoms with E-state index in [1.54, 1.807) is 19.2 Å². The normalized spacial score (nSPS) is 14.0. The number of aryl methyl sites for hydroxylation is 1. The van der Waals surface area contributed by atoms with Gasteiger partial charge in [-0.25, -0.2) is 0 Å². The molecule has 1 fully saturated rings. The van der Waals surface area contributed by atoms with Crippen LogP contribution in [-0.4, -0.2) is 41.1 Å². The fourth-order valence-corrected chi connectivity index (χ4v) is 3.38. The number of ether oxygens (including phenoxy) is 1. The number of aromatic nitrogens is 2. The van der Waals surface area contributed by atoms with Gasteiger partial charge in [-0.15, -0.1) is 0 Å². The van der Waals surface area contributed by atoms with Gasteiger partial charge < -0.3 is 14.2 Å². The van der Waals surface area contributed by atoms with Crippen molar-refractivity contribution in [3.63, 3.8) is 0 Å². The molecule has 0 bridgehead atoms.